The van der Waals surface area contributed by atoms with Crippen molar-refractivity contribution in [3.63, 3.8) is 0 Å². The molecule has 0 aliphatic carbocycles. The molecule has 0 spiro atoms. The Morgan fingerprint density at radius 2 is 2.00 bits per heavy atom. The minimum absolute atomic E-state index is 0.00376. The van der Waals surface area contributed by atoms with Crippen LogP contribution in [0.4, 0.5) is 11.4 Å². The Morgan fingerprint density at radius 1 is 1.29 bits per heavy atom. The number of carboxylic acid groups (broad SMARTS) is 1. The van der Waals surface area contributed by atoms with Crippen molar-refractivity contribution in [1.82, 2.24) is 5.32 Å². The van der Waals surface area contributed by atoms with Crippen molar-refractivity contribution in [3.05, 3.63) is 74.3 Å². The fourth-order valence-corrected chi connectivity index (χ4v) is 2.65. The van der Waals surface area contributed by atoms with E-state index < -0.39 is 16.8 Å². The van der Waals surface area contributed by atoms with Gasteiger partial charge in [0.15, 0.2) is 5.11 Å². The predicted molar refractivity (Wildman–Crippen MR) is 110 cm³/mol. The first-order valence-electron chi connectivity index (χ1n) is 7.76. The number of halogens is 1. The molecule has 0 saturated carbocycles. The van der Waals surface area contributed by atoms with Crippen molar-refractivity contribution < 1.29 is 19.6 Å². The van der Waals surface area contributed by atoms with Crippen molar-refractivity contribution in [3.8, 4) is 0 Å². The van der Waals surface area contributed by atoms with Crippen LogP contribution in [-0.2, 0) is 4.79 Å². The second-order valence-electron chi connectivity index (χ2n) is 5.53. The molecule has 0 atom stereocenters. The van der Waals surface area contributed by atoms with Crippen LogP contribution in [0.3, 0.4) is 0 Å². The lowest BCUT2D eigenvalue weighted by Gasteiger charge is -2.12. The lowest BCUT2D eigenvalue weighted by atomic mass is 10.1. The highest BCUT2D eigenvalue weighted by Crippen LogP contribution is 2.25. The minimum Gasteiger partial charge on any atom is -0.478 e. The van der Waals surface area contributed by atoms with Crippen LogP contribution in [0.25, 0.3) is 6.08 Å². The third-order valence-electron chi connectivity index (χ3n) is 3.64. The number of amides is 1. The molecule has 0 saturated heterocycles. The van der Waals surface area contributed by atoms with Gasteiger partial charge in [0.2, 0.25) is 5.91 Å². The van der Waals surface area contributed by atoms with Crippen LogP contribution in [0.15, 0.2) is 42.5 Å². The molecule has 0 fully saturated rings. The van der Waals surface area contributed by atoms with Crippen molar-refractivity contribution in [2.24, 2.45) is 0 Å². The van der Waals surface area contributed by atoms with E-state index in [0.29, 0.717) is 16.8 Å². The van der Waals surface area contributed by atoms with Crippen LogP contribution in [0, 0.1) is 17.0 Å². The highest BCUT2D eigenvalue weighted by molar-refractivity contribution is 7.80. The Morgan fingerprint density at radius 3 is 2.64 bits per heavy atom. The summed E-state index contributed by atoms with van der Waals surface area (Å²) in [4.78, 5) is 33.4. The first-order valence-corrected chi connectivity index (χ1v) is 8.54. The van der Waals surface area contributed by atoms with E-state index in [1.807, 2.05) is 0 Å². The van der Waals surface area contributed by atoms with Gasteiger partial charge in [-0.3, -0.25) is 20.2 Å². The summed E-state index contributed by atoms with van der Waals surface area (Å²) in [5.74, 6) is -1.64. The van der Waals surface area contributed by atoms with E-state index in [9.17, 15) is 19.7 Å². The molecular weight excluding hydrogens is 406 g/mol. The van der Waals surface area contributed by atoms with E-state index >= 15 is 0 Å². The van der Waals surface area contributed by atoms with Gasteiger partial charge in [-0.1, -0.05) is 23.7 Å². The molecule has 0 bridgehead atoms. The van der Waals surface area contributed by atoms with Crippen LogP contribution in [0.5, 0.6) is 0 Å². The molecular formula is C18H14ClN3O5S. The number of thiocarbonyl (C=S) groups is 1. The van der Waals surface area contributed by atoms with Gasteiger partial charge in [0, 0.05) is 17.8 Å². The van der Waals surface area contributed by atoms with Crippen molar-refractivity contribution in [1.29, 1.82) is 0 Å². The van der Waals surface area contributed by atoms with Crippen LogP contribution < -0.4 is 10.6 Å². The number of carbonyl (C=O) groups is 2. The number of carboxylic acids is 1. The number of rotatable bonds is 5. The van der Waals surface area contributed by atoms with Crippen LogP contribution >= 0.6 is 23.8 Å². The van der Waals surface area contributed by atoms with E-state index in [1.54, 1.807) is 19.1 Å². The first-order chi connectivity index (χ1) is 13.2. The molecule has 1 amide bonds. The summed E-state index contributed by atoms with van der Waals surface area (Å²) in [5.41, 5.74) is 1.17. The maximum Gasteiger partial charge on any atom is 0.336 e. The van der Waals surface area contributed by atoms with Gasteiger partial charge in [-0.15, -0.1) is 0 Å². The van der Waals surface area contributed by atoms with Crippen molar-refractivity contribution in [2.45, 2.75) is 6.92 Å². The Labute approximate surface area is 170 Å². The number of nitro benzene ring substituents is 1. The monoisotopic (exact) mass is 419 g/mol. The second-order valence-corrected chi connectivity index (χ2v) is 6.34. The van der Waals surface area contributed by atoms with Gasteiger partial charge < -0.3 is 10.4 Å². The minimum atomic E-state index is -1.07. The summed E-state index contributed by atoms with van der Waals surface area (Å²) in [6.45, 7) is 1.61. The summed E-state index contributed by atoms with van der Waals surface area (Å²) >= 11 is 10.8. The molecule has 2 aromatic carbocycles. The average molecular weight is 420 g/mol. The maximum absolute atomic E-state index is 12.0. The molecule has 2 rings (SSSR count). The normalized spacial score (nSPS) is 10.5. The summed E-state index contributed by atoms with van der Waals surface area (Å²) < 4.78 is 0. The number of nitro groups is 1. The van der Waals surface area contributed by atoms with Gasteiger partial charge >= 0.3 is 5.97 Å². The smallest absolute Gasteiger partial charge is 0.336 e. The number of nitrogens with zero attached hydrogens (tertiary/aromatic N) is 1. The maximum atomic E-state index is 12.0. The Balaban J connectivity index is 2.04. The topological polar surface area (TPSA) is 122 Å². The molecule has 0 heterocycles. The fraction of sp³-hybridized carbons (Fsp3) is 0.0556. The van der Waals surface area contributed by atoms with Crippen molar-refractivity contribution in [2.75, 3.05) is 5.32 Å². The average Bonchev–Trinajstić information content (AvgIpc) is 2.62. The number of anilines is 1. The zero-order chi connectivity index (χ0) is 20.8. The van der Waals surface area contributed by atoms with E-state index in [2.05, 4.69) is 10.6 Å². The number of aromatic carboxylic acids is 1. The molecule has 0 aromatic heterocycles. The first kappa shape index (κ1) is 21.0. The molecule has 0 aliphatic rings. The molecule has 2 aromatic rings. The lowest BCUT2D eigenvalue weighted by molar-refractivity contribution is -0.384. The molecule has 10 heteroatoms. The Bertz CT molecular complexity index is 1010. The van der Waals surface area contributed by atoms with E-state index in [0.717, 1.165) is 6.08 Å². The van der Waals surface area contributed by atoms with Crippen molar-refractivity contribution >= 4 is 58.3 Å². The Hall–Kier alpha value is -3.30. The molecule has 3 N–H and O–H groups in total. The van der Waals surface area contributed by atoms with Gasteiger partial charge in [-0.25, -0.2) is 4.79 Å². The zero-order valence-electron chi connectivity index (χ0n) is 14.4. The van der Waals surface area contributed by atoms with Gasteiger partial charge in [-0.05, 0) is 54.5 Å². The van der Waals surface area contributed by atoms with Gasteiger partial charge in [-0.2, -0.15) is 0 Å². The molecule has 0 aliphatic heterocycles. The van der Waals surface area contributed by atoms with Crippen LogP contribution in [0.1, 0.15) is 21.5 Å². The van der Waals surface area contributed by atoms with Gasteiger partial charge in [0.25, 0.3) is 5.69 Å². The van der Waals surface area contributed by atoms with Crippen LogP contribution in [0.2, 0.25) is 5.02 Å². The van der Waals surface area contributed by atoms with E-state index in [-0.39, 0.29) is 21.4 Å². The number of benzene rings is 2. The molecule has 0 radical (unpaired) electrons. The van der Waals surface area contributed by atoms with Crippen LogP contribution in [-0.4, -0.2) is 27.0 Å². The number of hydrogen-bond donors (Lipinski definition) is 3. The summed E-state index contributed by atoms with van der Waals surface area (Å²) in [5, 5.41) is 25.2. The number of hydrogen-bond acceptors (Lipinski definition) is 5. The SMILES string of the molecule is Cc1c(NC(=S)NC(=O)/C=C/c2ccc(Cl)c([N+](=O)[O-])c2)cccc1C(=O)O. The largest absolute Gasteiger partial charge is 0.478 e. The van der Waals surface area contributed by atoms with E-state index in [1.165, 1.54) is 30.3 Å². The molecule has 28 heavy (non-hydrogen) atoms. The molecule has 144 valence electrons. The fourth-order valence-electron chi connectivity index (χ4n) is 2.26. The highest BCUT2D eigenvalue weighted by atomic mass is 35.5. The summed E-state index contributed by atoms with van der Waals surface area (Å²) in [6, 6.07) is 8.76. The number of carbonyl (C=O) groups excluding carboxylic acids is 1. The summed E-state index contributed by atoms with van der Waals surface area (Å²) in [7, 11) is 0. The Kier molecular flexibility index (Phi) is 6.80. The quantitative estimate of drug-likeness (QED) is 0.292. The second kappa shape index (κ2) is 9.07. The van der Waals surface area contributed by atoms with Gasteiger partial charge in [0.05, 0.1) is 10.5 Å². The molecule has 0 unspecified atom stereocenters. The zero-order valence-corrected chi connectivity index (χ0v) is 16.0. The standard InChI is InChI=1S/C18H14ClN3O5S/c1-10-12(17(24)25)3-2-4-14(10)20-18(28)21-16(23)8-6-11-5-7-13(19)15(9-11)22(26)27/h2-9H,1H3,(H,24,25)(H2,20,21,23,28)/b8-6+. The number of nitrogens with one attached hydrogen (secondary N) is 2. The molecule has 8 nitrogen and oxygen atoms in total. The predicted octanol–water partition coefficient (Wildman–Crippen LogP) is 3.78. The lowest BCUT2D eigenvalue weighted by Crippen LogP contribution is -2.33. The summed E-state index contributed by atoms with van der Waals surface area (Å²) in [6.07, 6.45) is 2.53. The van der Waals surface area contributed by atoms with E-state index in [4.69, 9.17) is 28.9 Å². The third-order valence-corrected chi connectivity index (χ3v) is 4.17. The van der Waals surface area contributed by atoms with Gasteiger partial charge in [0.1, 0.15) is 5.02 Å². The highest BCUT2D eigenvalue weighted by Gasteiger charge is 2.13. The third kappa shape index (κ3) is 5.35.